The van der Waals surface area contributed by atoms with Crippen molar-refractivity contribution >= 4 is 5.69 Å². The Morgan fingerprint density at radius 2 is 2.29 bits per heavy atom. The summed E-state index contributed by atoms with van der Waals surface area (Å²) in [5, 5.41) is 6.87. The van der Waals surface area contributed by atoms with Gasteiger partial charge in [0.15, 0.2) is 5.76 Å². The smallest absolute Gasteiger partial charge is 0.155 e. The fourth-order valence-electron chi connectivity index (χ4n) is 1.19. The highest BCUT2D eigenvalue weighted by Crippen LogP contribution is 2.12. The molecule has 1 N–H and O–H groups in total. The lowest BCUT2D eigenvalue weighted by atomic mass is 10.2. The Balaban J connectivity index is 2.02. The van der Waals surface area contributed by atoms with E-state index in [1.165, 1.54) is 0 Å². The second kappa shape index (κ2) is 3.91. The molecule has 0 aliphatic carbocycles. The summed E-state index contributed by atoms with van der Waals surface area (Å²) in [6.45, 7) is 2.65. The van der Waals surface area contributed by atoms with Crippen LogP contribution in [0.5, 0.6) is 0 Å². The van der Waals surface area contributed by atoms with Crippen molar-refractivity contribution in [3.63, 3.8) is 0 Å². The van der Waals surface area contributed by atoms with E-state index in [2.05, 4.69) is 15.5 Å². The van der Waals surface area contributed by atoms with Crippen molar-refractivity contribution in [1.82, 2.24) is 10.1 Å². The molecule has 0 atom stereocenters. The van der Waals surface area contributed by atoms with Crippen molar-refractivity contribution in [3.05, 3.63) is 42.0 Å². The molecular formula is C10H11N3O. The van der Waals surface area contributed by atoms with E-state index in [-0.39, 0.29) is 0 Å². The van der Waals surface area contributed by atoms with Crippen LogP contribution in [0.2, 0.25) is 0 Å². The normalized spacial score (nSPS) is 10.1. The number of aromatic nitrogens is 2. The molecule has 0 saturated carbocycles. The first kappa shape index (κ1) is 8.74. The number of nitrogens with one attached hydrogen (secondary N) is 1. The molecule has 2 aromatic rings. The molecular weight excluding hydrogens is 178 g/mol. The van der Waals surface area contributed by atoms with Crippen LogP contribution in [-0.4, -0.2) is 10.1 Å². The van der Waals surface area contributed by atoms with Gasteiger partial charge in [0.1, 0.15) is 0 Å². The third-order valence-corrected chi connectivity index (χ3v) is 1.96. The molecule has 0 bridgehead atoms. The first-order valence-corrected chi connectivity index (χ1v) is 4.40. The van der Waals surface area contributed by atoms with Crippen LogP contribution in [0, 0.1) is 6.92 Å². The van der Waals surface area contributed by atoms with Crippen LogP contribution in [0.15, 0.2) is 35.2 Å². The Labute approximate surface area is 82.0 Å². The van der Waals surface area contributed by atoms with Crippen molar-refractivity contribution in [2.75, 3.05) is 5.32 Å². The number of pyridine rings is 1. The van der Waals surface area contributed by atoms with Crippen LogP contribution < -0.4 is 5.32 Å². The molecule has 2 heterocycles. The zero-order valence-corrected chi connectivity index (χ0v) is 7.90. The molecule has 2 aromatic heterocycles. The monoisotopic (exact) mass is 189 g/mol. The van der Waals surface area contributed by atoms with Gasteiger partial charge in [-0.25, -0.2) is 0 Å². The summed E-state index contributed by atoms with van der Waals surface area (Å²) in [7, 11) is 0. The molecule has 72 valence electrons. The Hall–Kier alpha value is -1.84. The van der Waals surface area contributed by atoms with Crippen LogP contribution in [0.3, 0.4) is 0 Å². The van der Waals surface area contributed by atoms with Crippen LogP contribution in [0.1, 0.15) is 11.3 Å². The third-order valence-electron chi connectivity index (χ3n) is 1.96. The predicted octanol–water partition coefficient (Wildman–Crippen LogP) is 1.99. The molecule has 0 fully saturated rings. The Kier molecular flexibility index (Phi) is 2.44. The van der Waals surface area contributed by atoms with Gasteiger partial charge in [-0.3, -0.25) is 4.98 Å². The van der Waals surface area contributed by atoms with Crippen LogP contribution in [-0.2, 0) is 6.54 Å². The molecule has 0 aliphatic rings. The van der Waals surface area contributed by atoms with Crippen LogP contribution in [0.25, 0.3) is 0 Å². The highest BCUT2D eigenvalue weighted by atomic mass is 16.5. The largest absolute Gasteiger partial charge is 0.377 e. The lowest BCUT2D eigenvalue weighted by Crippen LogP contribution is -1.99. The van der Waals surface area contributed by atoms with Crippen molar-refractivity contribution in [3.8, 4) is 0 Å². The van der Waals surface area contributed by atoms with Crippen molar-refractivity contribution in [2.45, 2.75) is 13.5 Å². The van der Waals surface area contributed by atoms with E-state index in [0.29, 0.717) is 6.54 Å². The quantitative estimate of drug-likeness (QED) is 0.802. The highest BCUT2D eigenvalue weighted by Gasteiger charge is 1.99. The Bertz CT molecular complexity index is 398. The molecule has 14 heavy (non-hydrogen) atoms. The molecule has 0 spiro atoms. The van der Waals surface area contributed by atoms with E-state index >= 15 is 0 Å². The minimum Gasteiger partial charge on any atom is -0.377 e. The van der Waals surface area contributed by atoms with E-state index in [9.17, 15) is 0 Å². The predicted molar refractivity (Wildman–Crippen MR) is 52.8 cm³/mol. The zero-order chi connectivity index (χ0) is 9.80. The fourth-order valence-corrected chi connectivity index (χ4v) is 1.19. The number of aryl methyl sites for hydroxylation is 1. The van der Waals surface area contributed by atoms with Gasteiger partial charge in [0.2, 0.25) is 0 Å². The van der Waals surface area contributed by atoms with E-state index in [1.54, 1.807) is 12.4 Å². The lowest BCUT2D eigenvalue weighted by Gasteiger charge is -2.05. The number of hydrogen-bond acceptors (Lipinski definition) is 4. The Morgan fingerprint density at radius 3 is 3.00 bits per heavy atom. The van der Waals surface area contributed by atoms with Gasteiger partial charge in [0, 0.05) is 24.1 Å². The molecule has 0 aliphatic heterocycles. The Morgan fingerprint density at radius 1 is 1.36 bits per heavy atom. The minimum absolute atomic E-state index is 0.644. The first-order valence-electron chi connectivity index (χ1n) is 4.40. The van der Waals surface area contributed by atoms with Crippen LogP contribution >= 0.6 is 0 Å². The molecule has 2 rings (SSSR count). The van der Waals surface area contributed by atoms with Crippen molar-refractivity contribution < 1.29 is 4.52 Å². The van der Waals surface area contributed by atoms with E-state index in [0.717, 1.165) is 17.0 Å². The van der Waals surface area contributed by atoms with Crippen molar-refractivity contribution in [2.24, 2.45) is 0 Å². The lowest BCUT2D eigenvalue weighted by molar-refractivity contribution is 0.388. The van der Waals surface area contributed by atoms with Gasteiger partial charge in [-0.15, -0.1) is 0 Å². The van der Waals surface area contributed by atoms with E-state index in [1.807, 2.05) is 25.3 Å². The fraction of sp³-hybridized carbons (Fsp3) is 0.200. The average Bonchev–Trinajstić information content (AvgIpc) is 2.69. The molecule has 0 amide bonds. The maximum Gasteiger partial charge on any atom is 0.155 e. The van der Waals surface area contributed by atoms with Gasteiger partial charge in [-0.1, -0.05) is 5.16 Å². The SMILES string of the molecule is Cc1cnccc1NCc1ccno1. The third kappa shape index (κ3) is 1.90. The summed E-state index contributed by atoms with van der Waals surface area (Å²) in [5.74, 6) is 0.821. The van der Waals surface area contributed by atoms with Gasteiger partial charge in [0.05, 0.1) is 12.7 Å². The molecule has 0 aromatic carbocycles. The molecule has 0 saturated heterocycles. The summed E-state index contributed by atoms with van der Waals surface area (Å²) in [4.78, 5) is 4.01. The second-order valence-corrected chi connectivity index (χ2v) is 3.02. The number of anilines is 1. The number of hydrogen-bond donors (Lipinski definition) is 1. The minimum atomic E-state index is 0.644. The van der Waals surface area contributed by atoms with E-state index < -0.39 is 0 Å². The maximum absolute atomic E-state index is 4.97. The molecule has 4 heteroatoms. The summed E-state index contributed by atoms with van der Waals surface area (Å²) >= 11 is 0. The molecule has 0 radical (unpaired) electrons. The molecule has 0 unspecified atom stereocenters. The second-order valence-electron chi connectivity index (χ2n) is 3.02. The van der Waals surface area contributed by atoms with Crippen molar-refractivity contribution in [1.29, 1.82) is 0 Å². The zero-order valence-electron chi connectivity index (χ0n) is 7.90. The standard InChI is InChI=1S/C10H11N3O/c1-8-6-11-4-3-10(8)12-7-9-2-5-13-14-9/h2-6H,7H2,1H3,(H,11,12). The van der Waals surface area contributed by atoms with Gasteiger partial charge in [0.25, 0.3) is 0 Å². The first-order chi connectivity index (χ1) is 6.86. The summed E-state index contributed by atoms with van der Waals surface area (Å²) < 4.78 is 4.97. The van der Waals surface area contributed by atoms with Crippen LogP contribution in [0.4, 0.5) is 5.69 Å². The van der Waals surface area contributed by atoms with Gasteiger partial charge < -0.3 is 9.84 Å². The summed E-state index contributed by atoms with van der Waals surface area (Å²) in [6.07, 6.45) is 5.22. The highest BCUT2D eigenvalue weighted by molar-refractivity contribution is 5.48. The molecule has 4 nitrogen and oxygen atoms in total. The van der Waals surface area contributed by atoms with Gasteiger partial charge >= 0.3 is 0 Å². The van der Waals surface area contributed by atoms with E-state index in [4.69, 9.17) is 4.52 Å². The topological polar surface area (TPSA) is 51.0 Å². The maximum atomic E-state index is 4.97. The summed E-state index contributed by atoms with van der Waals surface area (Å²) in [5.41, 5.74) is 2.18. The average molecular weight is 189 g/mol. The summed E-state index contributed by atoms with van der Waals surface area (Å²) in [6, 6.07) is 3.77. The number of nitrogens with zero attached hydrogens (tertiary/aromatic N) is 2. The number of rotatable bonds is 3. The van der Waals surface area contributed by atoms with Gasteiger partial charge in [-0.05, 0) is 18.6 Å². The van der Waals surface area contributed by atoms with Gasteiger partial charge in [-0.2, -0.15) is 0 Å².